The number of hydrogen-bond donors (Lipinski definition) is 0. The Morgan fingerprint density at radius 1 is 1.00 bits per heavy atom. The summed E-state index contributed by atoms with van der Waals surface area (Å²) < 4.78 is 0. The minimum absolute atomic E-state index is 0.114. The summed E-state index contributed by atoms with van der Waals surface area (Å²) in [5, 5.41) is 1.73. The van der Waals surface area contributed by atoms with Crippen LogP contribution in [0.1, 0.15) is 86.3 Å². The third-order valence-corrected chi connectivity index (χ3v) is 4.11. The molecule has 0 aromatic heterocycles. The SMILES string of the molecule is C=CSC(=O)c1c(C(C)C)cc(C(C)C)cc1C(C)C. The van der Waals surface area contributed by atoms with Crippen LogP contribution in [0.15, 0.2) is 24.1 Å². The Kier molecular flexibility index (Phi) is 6.07. The van der Waals surface area contributed by atoms with Crippen molar-refractivity contribution in [1.29, 1.82) is 0 Å². The highest BCUT2D eigenvalue weighted by Gasteiger charge is 2.21. The first kappa shape index (κ1) is 17.0. The summed E-state index contributed by atoms with van der Waals surface area (Å²) in [4.78, 5) is 12.5. The van der Waals surface area contributed by atoms with E-state index in [0.717, 1.165) is 5.56 Å². The average Bonchev–Trinajstić information content (AvgIpc) is 2.36. The van der Waals surface area contributed by atoms with Gasteiger partial charge in [-0.25, -0.2) is 0 Å². The van der Waals surface area contributed by atoms with Gasteiger partial charge in [0.2, 0.25) is 5.12 Å². The Morgan fingerprint density at radius 2 is 1.45 bits per heavy atom. The second kappa shape index (κ2) is 7.12. The lowest BCUT2D eigenvalue weighted by Gasteiger charge is -2.21. The van der Waals surface area contributed by atoms with E-state index in [1.165, 1.54) is 28.5 Å². The summed E-state index contributed by atoms with van der Waals surface area (Å²) >= 11 is 1.19. The molecule has 0 bridgehead atoms. The van der Waals surface area contributed by atoms with Gasteiger partial charge >= 0.3 is 0 Å². The lowest BCUT2D eigenvalue weighted by molar-refractivity contribution is 0.108. The van der Waals surface area contributed by atoms with E-state index in [4.69, 9.17) is 0 Å². The highest BCUT2D eigenvalue weighted by atomic mass is 32.2. The van der Waals surface area contributed by atoms with Gasteiger partial charge in [0.05, 0.1) is 0 Å². The van der Waals surface area contributed by atoms with Crippen LogP contribution in [-0.4, -0.2) is 5.12 Å². The van der Waals surface area contributed by atoms with E-state index in [1.54, 1.807) is 5.41 Å². The van der Waals surface area contributed by atoms with E-state index in [-0.39, 0.29) is 5.12 Å². The number of thioether (sulfide) groups is 1. The average molecular weight is 290 g/mol. The van der Waals surface area contributed by atoms with Crippen LogP contribution >= 0.6 is 11.8 Å². The van der Waals surface area contributed by atoms with Crippen molar-refractivity contribution in [3.8, 4) is 0 Å². The maximum absolute atomic E-state index is 12.5. The van der Waals surface area contributed by atoms with Crippen molar-refractivity contribution < 1.29 is 4.79 Å². The summed E-state index contributed by atoms with van der Waals surface area (Å²) in [7, 11) is 0. The number of rotatable bonds is 5. The van der Waals surface area contributed by atoms with E-state index in [2.05, 4.69) is 60.3 Å². The molecule has 0 atom stereocenters. The smallest absolute Gasteiger partial charge is 0.224 e. The predicted octanol–water partition coefficient (Wildman–Crippen LogP) is 6.07. The largest absolute Gasteiger partial charge is 0.281 e. The molecule has 0 aliphatic rings. The van der Waals surface area contributed by atoms with Crippen LogP contribution in [0.3, 0.4) is 0 Å². The van der Waals surface area contributed by atoms with Gasteiger partial charge in [0.25, 0.3) is 0 Å². The fourth-order valence-electron chi connectivity index (χ4n) is 2.33. The molecule has 1 rings (SSSR count). The maximum Gasteiger partial charge on any atom is 0.224 e. The van der Waals surface area contributed by atoms with Crippen LogP contribution in [0, 0.1) is 0 Å². The van der Waals surface area contributed by atoms with Crippen LogP contribution in [-0.2, 0) is 0 Å². The molecule has 110 valence electrons. The van der Waals surface area contributed by atoms with Gasteiger partial charge in [-0.3, -0.25) is 4.79 Å². The number of carbonyl (C=O) groups is 1. The van der Waals surface area contributed by atoms with Gasteiger partial charge in [-0.2, -0.15) is 0 Å². The van der Waals surface area contributed by atoms with Crippen molar-refractivity contribution in [3.63, 3.8) is 0 Å². The molecule has 2 heteroatoms. The Balaban J connectivity index is 3.59. The van der Waals surface area contributed by atoms with Crippen LogP contribution < -0.4 is 0 Å². The van der Waals surface area contributed by atoms with E-state index >= 15 is 0 Å². The molecule has 0 saturated carbocycles. The normalized spacial score (nSPS) is 11.4. The fraction of sp³-hybridized carbons (Fsp3) is 0.500. The zero-order valence-electron chi connectivity index (χ0n) is 13.5. The molecule has 0 aliphatic heterocycles. The highest BCUT2D eigenvalue weighted by Crippen LogP contribution is 2.34. The molecule has 1 aromatic rings. The van der Waals surface area contributed by atoms with Crippen molar-refractivity contribution in [2.24, 2.45) is 0 Å². The summed E-state index contributed by atoms with van der Waals surface area (Å²) in [6.07, 6.45) is 0. The van der Waals surface area contributed by atoms with Gasteiger partial charge < -0.3 is 0 Å². The zero-order valence-corrected chi connectivity index (χ0v) is 14.3. The van der Waals surface area contributed by atoms with Gasteiger partial charge in [0, 0.05) is 5.56 Å². The molecule has 0 unspecified atom stereocenters. The molecular formula is C18H26OS. The Hall–Kier alpha value is -1.02. The van der Waals surface area contributed by atoms with Gasteiger partial charge in [0.15, 0.2) is 0 Å². The molecule has 0 radical (unpaired) electrons. The molecule has 1 aromatic carbocycles. The number of benzene rings is 1. The van der Waals surface area contributed by atoms with E-state index in [9.17, 15) is 4.79 Å². The molecular weight excluding hydrogens is 264 g/mol. The summed E-state index contributed by atoms with van der Waals surface area (Å²) in [6.45, 7) is 16.7. The van der Waals surface area contributed by atoms with Crippen LogP contribution in [0.5, 0.6) is 0 Å². The van der Waals surface area contributed by atoms with Crippen molar-refractivity contribution >= 4 is 16.9 Å². The van der Waals surface area contributed by atoms with Crippen molar-refractivity contribution in [3.05, 3.63) is 46.4 Å². The Morgan fingerprint density at radius 3 is 1.75 bits per heavy atom. The minimum atomic E-state index is 0.114. The first-order chi connectivity index (χ1) is 9.29. The Labute approximate surface area is 127 Å². The molecule has 0 heterocycles. The highest BCUT2D eigenvalue weighted by molar-refractivity contribution is 8.16. The molecule has 1 nitrogen and oxygen atoms in total. The van der Waals surface area contributed by atoms with E-state index in [0.29, 0.717) is 17.8 Å². The van der Waals surface area contributed by atoms with Crippen LogP contribution in [0.4, 0.5) is 0 Å². The number of carbonyl (C=O) groups excluding carboxylic acids is 1. The predicted molar refractivity (Wildman–Crippen MR) is 90.8 cm³/mol. The summed E-state index contributed by atoms with van der Waals surface area (Å²) in [5.41, 5.74) is 4.54. The third-order valence-electron chi connectivity index (χ3n) is 3.53. The first-order valence-corrected chi connectivity index (χ1v) is 8.17. The third kappa shape index (κ3) is 3.76. The monoisotopic (exact) mass is 290 g/mol. The fourth-order valence-corrected chi connectivity index (χ4v) is 2.83. The molecule has 0 aliphatic carbocycles. The topological polar surface area (TPSA) is 17.1 Å². The van der Waals surface area contributed by atoms with Gasteiger partial charge in [-0.05, 0) is 39.9 Å². The second-order valence-corrected chi connectivity index (χ2v) is 7.05. The molecule has 0 N–H and O–H groups in total. The van der Waals surface area contributed by atoms with Gasteiger partial charge in [0.1, 0.15) is 0 Å². The van der Waals surface area contributed by atoms with Gasteiger partial charge in [-0.1, -0.05) is 72.0 Å². The second-order valence-electron chi connectivity index (χ2n) is 6.11. The quantitative estimate of drug-likeness (QED) is 0.654. The summed E-state index contributed by atoms with van der Waals surface area (Å²) in [6, 6.07) is 4.41. The minimum Gasteiger partial charge on any atom is -0.281 e. The van der Waals surface area contributed by atoms with Crippen molar-refractivity contribution in [2.75, 3.05) is 0 Å². The lowest BCUT2D eigenvalue weighted by Crippen LogP contribution is -2.09. The molecule has 0 spiro atoms. The van der Waals surface area contributed by atoms with Gasteiger partial charge in [-0.15, -0.1) is 0 Å². The molecule has 0 saturated heterocycles. The maximum atomic E-state index is 12.5. The van der Waals surface area contributed by atoms with Crippen LogP contribution in [0.2, 0.25) is 0 Å². The van der Waals surface area contributed by atoms with Crippen molar-refractivity contribution in [2.45, 2.75) is 59.3 Å². The lowest BCUT2D eigenvalue weighted by atomic mass is 9.85. The Bertz CT molecular complexity index is 469. The molecule has 0 fully saturated rings. The summed E-state index contributed by atoms with van der Waals surface area (Å²) in [5.74, 6) is 1.16. The van der Waals surface area contributed by atoms with E-state index in [1.807, 2.05) is 0 Å². The van der Waals surface area contributed by atoms with Crippen molar-refractivity contribution in [1.82, 2.24) is 0 Å². The van der Waals surface area contributed by atoms with E-state index < -0.39 is 0 Å². The standard InChI is InChI=1S/C18H26OS/c1-8-20-18(19)17-15(12(4)5)9-14(11(2)3)10-16(17)13(6)7/h8-13H,1H2,2-7H3. The molecule has 0 amide bonds. The van der Waals surface area contributed by atoms with Crippen LogP contribution in [0.25, 0.3) is 0 Å². The molecule has 20 heavy (non-hydrogen) atoms. The number of hydrogen-bond acceptors (Lipinski definition) is 2. The zero-order chi connectivity index (χ0) is 15.4. The first-order valence-electron chi connectivity index (χ1n) is 7.29.